The van der Waals surface area contributed by atoms with Crippen LogP contribution in [0, 0.1) is 5.82 Å². The maximum atomic E-state index is 14.2. The van der Waals surface area contributed by atoms with Crippen LogP contribution >= 0.6 is 11.6 Å². The van der Waals surface area contributed by atoms with Crippen molar-refractivity contribution < 1.29 is 19.0 Å². The summed E-state index contributed by atoms with van der Waals surface area (Å²) in [7, 11) is 1.26. The highest BCUT2D eigenvalue weighted by Gasteiger charge is 2.47. The maximum Gasteiger partial charge on any atom is 0.331 e. The summed E-state index contributed by atoms with van der Waals surface area (Å²) in [5.74, 6) is -2.02. The van der Waals surface area contributed by atoms with E-state index in [1.54, 1.807) is 30.3 Å². The normalized spacial score (nSPS) is 15.1. The van der Waals surface area contributed by atoms with E-state index in [2.05, 4.69) is 0 Å². The maximum absolute atomic E-state index is 14.2. The van der Waals surface area contributed by atoms with Gasteiger partial charge in [0.25, 0.3) is 0 Å². The van der Waals surface area contributed by atoms with Gasteiger partial charge in [0.2, 0.25) is 0 Å². The SMILES string of the molecule is COC(c1c(F)cccc1Cl)C(N)(C(=O)O)c1ccccc1. The van der Waals surface area contributed by atoms with Crippen molar-refractivity contribution in [1.82, 2.24) is 0 Å². The van der Waals surface area contributed by atoms with Crippen LogP contribution in [0.15, 0.2) is 48.5 Å². The van der Waals surface area contributed by atoms with Gasteiger partial charge in [-0.15, -0.1) is 0 Å². The Morgan fingerprint density at radius 3 is 2.41 bits per heavy atom. The molecule has 2 aromatic carbocycles. The first kappa shape index (κ1) is 16.4. The van der Waals surface area contributed by atoms with Crippen LogP contribution in [0.3, 0.4) is 0 Å². The van der Waals surface area contributed by atoms with Gasteiger partial charge in [-0.25, -0.2) is 9.18 Å². The van der Waals surface area contributed by atoms with Gasteiger partial charge < -0.3 is 15.6 Å². The van der Waals surface area contributed by atoms with Crippen LogP contribution in [0.2, 0.25) is 5.02 Å². The van der Waals surface area contributed by atoms with Crippen LogP contribution < -0.4 is 5.73 Å². The average Bonchev–Trinajstić information content (AvgIpc) is 2.51. The quantitative estimate of drug-likeness (QED) is 0.886. The molecule has 6 heteroatoms. The second kappa shape index (κ2) is 6.44. The molecule has 0 amide bonds. The molecule has 0 fully saturated rings. The number of rotatable bonds is 5. The standard InChI is InChI=1S/C16H15ClFNO3/c1-22-14(13-11(17)8-5-9-12(13)18)16(19,15(20)21)10-6-3-2-4-7-10/h2-9,14H,19H2,1H3,(H,20,21). The molecule has 4 nitrogen and oxygen atoms in total. The molecule has 0 bridgehead atoms. The fraction of sp³-hybridized carbons (Fsp3) is 0.188. The Hall–Kier alpha value is -1.95. The highest BCUT2D eigenvalue weighted by atomic mass is 35.5. The molecular formula is C16H15ClFNO3. The molecule has 2 atom stereocenters. The second-order valence-corrected chi connectivity index (χ2v) is 5.20. The van der Waals surface area contributed by atoms with Crippen molar-refractivity contribution in [2.45, 2.75) is 11.6 Å². The van der Waals surface area contributed by atoms with Crippen molar-refractivity contribution in [3.8, 4) is 0 Å². The third-order valence-electron chi connectivity index (χ3n) is 3.52. The molecule has 2 unspecified atom stereocenters. The van der Waals surface area contributed by atoms with Crippen molar-refractivity contribution in [2.24, 2.45) is 5.73 Å². The fourth-order valence-electron chi connectivity index (χ4n) is 2.39. The molecule has 2 rings (SSSR count). The Bertz CT molecular complexity index is 660. The molecule has 116 valence electrons. The van der Waals surface area contributed by atoms with E-state index < -0.39 is 23.4 Å². The minimum absolute atomic E-state index is 0.0545. The zero-order valence-corrected chi connectivity index (χ0v) is 12.5. The molecule has 0 aliphatic carbocycles. The largest absolute Gasteiger partial charge is 0.480 e. The Morgan fingerprint density at radius 2 is 1.91 bits per heavy atom. The Kier molecular flexibility index (Phi) is 4.81. The first-order chi connectivity index (χ1) is 10.4. The van der Waals surface area contributed by atoms with Crippen molar-refractivity contribution in [2.75, 3.05) is 7.11 Å². The van der Waals surface area contributed by atoms with Gasteiger partial charge in [0.05, 0.1) is 0 Å². The summed E-state index contributed by atoms with van der Waals surface area (Å²) in [6, 6.07) is 12.2. The number of halogens is 2. The molecule has 0 aliphatic heterocycles. The first-order valence-electron chi connectivity index (χ1n) is 6.47. The zero-order chi connectivity index (χ0) is 16.3. The van der Waals surface area contributed by atoms with Crippen LogP contribution in [0.4, 0.5) is 4.39 Å². The summed E-state index contributed by atoms with van der Waals surface area (Å²) >= 11 is 6.03. The Balaban J connectivity index is 2.67. The van der Waals surface area contributed by atoms with Crippen molar-refractivity contribution in [1.29, 1.82) is 0 Å². The Morgan fingerprint density at radius 1 is 1.27 bits per heavy atom. The number of ether oxygens (including phenoxy) is 1. The molecule has 0 heterocycles. The van der Waals surface area contributed by atoms with Gasteiger partial charge in [0, 0.05) is 17.7 Å². The number of aliphatic carboxylic acids is 1. The lowest BCUT2D eigenvalue weighted by molar-refractivity contribution is -0.150. The van der Waals surface area contributed by atoms with E-state index in [1.807, 2.05) is 0 Å². The lowest BCUT2D eigenvalue weighted by Gasteiger charge is -2.34. The highest BCUT2D eigenvalue weighted by Crippen LogP contribution is 2.40. The number of carbonyl (C=O) groups is 1. The molecule has 22 heavy (non-hydrogen) atoms. The lowest BCUT2D eigenvalue weighted by atomic mass is 9.81. The average molecular weight is 324 g/mol. The molecular weight excluding hydrogens is 309 g/mol. The van der Waals surface area contributed by atoms with Gasteiger partial charge >= 0.3 is 5.97 Å². The van der Waals surface area contributed by atoms with Gasteiger partial charge in [-0.3, -0.25) is 0 Å². The van der Waals surface area contributed by atoms with Gasteiger partial charge in [-0.1, -0.05) is 48.0 Å². The minimum Gasteiger partial charge on any atom is -0.480 e. The Labute approximate surface area is 132 Å². The van der Waals surface area contributed by atoms with Crippen LogP contribution in [0.1, 0.15) is 17.2 Å². The molecule has 3 N–H and O–H groups in total. The number of hydrogen-bond acceptors (Lipinski definition) is 3. The summed E-state index contributed by atoms with van der Waals surface area (Å²) in [6.45, 7) is 0. The van der Waals surface area contributed by atoms with E-state index in [4.69, 9.17) is 22.1 Å². The summed E-state index contributed by atoms with van der Waals surface area (Å²) in [4.78, 5) is 11.8. The number of nitrogens with two attached hydrogens (primary N) is 1. The number of carboxylic acid groups (broad SMARTS) is 1. The number of hydrogen-bond donors (Lipinski definition) is 2. The molecule has 0 saturated carbocycles. The molecule has 0 aromatic heterocycles. The molecule has 0 radical (unpaired) electrons. The van der Waals surface area contributed by atoms with Crippen LogP contribution in [0.25, 0.3) is 0 Å². The van der Waals surface area contributed by atoms with Gasteiger partial charge in [0.1, 0.15) is 11.9 Å². The van der Waals surface area contributed by atoms with Crippen LogP contribution in [-0.2, 0) is 15.1 Å². The zero-order valence-electron chi connectivity index (χ0n) is 11.8. The highest BCUT2D eigenvalue weighted by molar-refractivity contribution is 6.31. The summed E-state index contributed by atoms with van der Waals surface area (Å²) in [5, 5.41) is 9.71. The van der Waals surface area contributed by atoms with Crippen LogP contribution in [-0.4, -0.2) is 18.2 Å². The van der Waals surface area contributed by atoms with E-state index in [9.17, 15) is 14.3 Å². The third kappa shape index (κ3) is 2.70. The molecule has 0 aliphatic rings. The van der Waals surface area contributed by atoms with Gasteiger partial charge in [0.15, 0.2) is 5.54 Å². The smallest absolute Gasteiger partial charge is 0.331 e. The van der Waals surface area contributed by atoms with Crippen molar-refractivity contribution >= 4 is 17.6 Å². The lowest BCUT2D eigenvalue weighted by Crippen LogP contribution is -2.51. The molecule has 2 aromatic rings. The fourth-order valence-corrected chi connectivity index (χ4v) is 2.66. The van der Waals surface area contributed by atoms with Gasteiger partial charge in [-0.05, 0) is 17.7 Å². The summed E-state index contributed by atoms with van der Waals surface area (Å²) in [5.41, 5.74) is 4.36. The predicted molar refractivity (Wildman–Crippen MR) is 81.1 cm³/mol. The van der Waals surface area contributed by atoms with Gasteiger partial charge in [-0.2, -0.15) is 0 Å². The topological polar surface area (TPSA) is 72.5 Å². The van der Waals surface area contributed by atoms with Crippen molar-refractivity contribution in [3.05, 3.63) is 70.5 Å². The number of methoxy groups -OCH3 is 1. The summed E-state index contributed by atoms with van der Waals surface area (Å²) in [6.07, 6.45) is -1.29. The third-order valence-corrected chi connectivity index (χ3v) is 3.85. The molecule has 0 saturated heterocycles. The number of benzene rings is 2. The van der Waals surface area contributed by atoms with E-state index in [-0.39, 0.29) is 16.1 Å². The second-order valence-electron chi connectivity index (χ2n) is 4.79. The number of carboxylic acids is 1. The van der Waals surface area contributed by atoms with E-state index in [1.165, 1.54) is 25.3 Å². The van der Waals surface area contributed by atoms with E-state index >= 15 is 0 Å². The van der Waals surface area contributed by atoms with Crippen LogP contribution in [0.5, 0.6) is 0 Å². The summed E-state index contributed by atoms with van der Waals surface area (Å²) < 4.78 is 19.4. The van der Waals surface area contributed by atoms with Crippen molar-refractivity contribution in [3.63, 3.8) is 0 Å². The monoisotopic (exact) mass is 323 g/mol. The minimum atomic E-state index is -1.98. The first-order valence-corrected chi connectivity index (χ1v) is 6.85. The van der Waals surface area contributed by atoms with E-state index in [0.29, 0.717) is 0 Å². The van der Waals surface area contributed by atoms with E-state index in [0.717, 1.165) is 0 Å². The molecule has 0 spiro atoms. The predicted octanol–water partition coefficient (Wildman–Crippen LogP) is 3.11.